The average molecular weight is 427 g/mol. The van der Waals surface area contributed by atoms with Gasteiger partial charge in [-0.3, -0.25) is 14.4 Å². The van der Waals surface area contributed by atoms with Crippen molar-refractivity contribution in [2.45, 2.75) is 44.3 Å². The summed E-state index contributed by atoms with van der Waals surface area (Å²) in [5, 5.41) is 11.6. The highest BCUT2D eigenvalue weighted by molar-refractivity contribution is 7.19. The third-order valence-corrected chi connectivity index (χ3v) is 5.03. The fourth-order valence-electron chi connectivity index (χ4n) is 3.01. The average Bonchev–Trinajstić information content (AvgIpc) is 2.73. The summed E-state index contributed by atoms with van der Waals surface area (Å²) in [6.07, 6.45) is 0.541. The number of ether oxygens (including phenoxy) is 1. The van der Waals surface area contributed by atoms with Crippen molar-refractivity contribution in [3.63, 3.8) is 0 Å². The van der Waals surface area contributed by atoms with E-state index in [1.54, 1.807) is 13.0 Å². The van der Waals surface area contributed by atoms with Crippen LogP contribution >= 0.6 is 9.24 Å². The normalized spacial score (nSPS) is 12.3. The Balaban J connectivity index is 2.07. The lowest BCUT2D eigenvalue weighted by atomic mass is 9.98. The Labute approximate surface area is 179 Å². The quantitative estimate of drug-likeness (QED) is 0.425. The second-order valence-electron chi connectivity index (χ2n) is 6.88. The van der Waals surface area contributed by atoms with Gasteiger partial charge in [0.2, 0.25) is 5.91 Å². The minimum Gasteiger partial charge on any atom is -0.481 e. The van der Waals surface area contributed by atoms with Gasteiger partial charge in [-0.05, 0) is 54.7 Å². The summed E-state index contributed by atoms with van der Waals surface area (Å²) in [5.74, 6) is -1.72. The number of esters is 1. The molecule has 30 heavy (non-hydrogen) atoms. The molecular weight excluding hydrogens is 401 g/mol. The lowest BCUT2D eigenvalue weighted by Gasteiger charge is -2.22. The van der Waals surface area contributed by atoms with Gasteiger partial charge < -0.3 is 15.2 Å². The van der Waals surface area contributed by atoms with E-state index in [0.29, 0.717) is 12.8 Å². The zero-order valence-corrected chi connectivity index (χ0v) is 18.0. The molecule has 2 N–H and O–H groups in total. The first-order valence-corrected chi connectivity index (χ1v) is 10.5. The third kappa shape index (κ3) is 7.85. The number of rotatable bonds is 11. The highest BCUT2D eigenvalue weighted by atomic mass is 31.0. The Morgan fingerprint density at radius 1 is 1.10 bits per heavy atom. The number of carbonyl (C=O) groups is 3. The lowest BCUT2D eigenvalue weighted by Crippen LogP contribution is -2.39. The topological polar surface area (TPSA) is 92.7 Å². The van der Waals surface area contributed by atoms with Crippen LogP contribution in [0.5, 0.6) is 0 Å². The van der Waals surface area contributed by atoms with Crippen molar-refractivity contribution in [2.75, 3.05) is 6.61 Å². The number of hydrogen-bond donors (Lipinski definition) is 2. The molecule has 0 saturated heterocycles. The molecular formula is C23H26NO5P. The largest absolute Gasteiger partial charge is 0.481 e. The second-order valence-corrected chi connectivity index (χ2v) is 7.68. The molecule has 0 spiro atoms. The van der Waals surface area contributed by atoms with E-state index in [2.05, 4.69) is 26.7 Å². The van der Waals surface area contributed by atoms with Gasteiger partial charge >= 0.3 is 11.9 Å². The maximum Gasteiger partial charge on any atom is 0.312 e. The van der Waals surface area contributed by atoms with Gasteiger partial charge in [0.1, 0.15) is 0 Å². The van der Waals surface area contributed by atoms with E-state index in [1.165, 1.54) is 0 Å². The number of carboxylic acid groups (broad SMARTS) is 1. The van der Waals surface area contributed by atoms with Gasteiger partial charge in [0.05, 0.1) is 18.7 Å². The van der Waals surface area contributed by atoms with E-state index >= 15 is 0 Å². The summed E-state index contributed by atoms with van der Waals surface area (Å²) in [4.78, 5) is 34.9. The van der Waals surface area contributed by atoms with E-state index in [9.17, 15) is 14.4 Å². The summed E-state index contributed by atoms with van der Waals surface area (Å²) in [6.45, 7) is 2.03. The predicted octanol–water partition coefficient (Wildman–Crippen LogP) is 3.04. The molecule has 0 aromatic heterocycles. The minimum absolute atomic E-state index is 0.104. The van der Waals surface area contributed by atoms with Crippen molar-refractivity contribution < 1.29 is 24.2 Å². The Morgan fingerprint density at radius 2 is 1.83 bits per heavy atom. The van der Waals surface area contributed by atoms with Crippen molar-refractivity contribution in [1.29, 1.82) is 0 Å². The first-order chi connectivity index (χ1) is 14.4. The van der Waals surface area contributed by atoms with Crippen molar-refractivity contribution >= 4 is 27.1 Å². The van der Waals surface area contributed by atoms with Crippen molar-refractivity contribution in [3.8, 4) is 11.1 Å². The van der Waals surface area contributed by atoms with Crippen LogP contribution in [0, 0.1) is 12.1 Å². The van der Waals surface area contributed by atoms with E-state index in [4.69, 9.17) is 9.84 Å². The van der Waals surface area contributed by atoms with Crippen LogP contribution in [0.4, 0.5) is 0 Å². The van der Waals surface area contributed by atoms with E-state index < -0.39 is 11.6 Å². The number of aliphatic carboxylic acids is 1. The van der Waals surface area contributed by atoms with Gasteiger partial charge in [0.15, 0.2) is 0 Å². The molecule has 0 fully saturated rings. The molecule has 1 amide bonds. The van der Waals surface area contributed by atoms with Crippen molar-refractivity contribution in [3.05, 3.63) is 60.2 Å². The van der Waals surface area contributed by atoms with E-state index in [1.807, 2.05) is 36.4 Å². The highest BCUT2D eigenvalue weighted by Gasteiger charge is 2.22. The smallest absolute Gasteiger partial charge is 0.312 e. The third-order valence-electron chi connectivity index (χ3n) is 4.49. The minimum atomic E-state index is -1.02. The number of hydrogen-bond acceptors (Lipinski definition) is 4. The van der Waals surface area contributed by atoms with Crippen LogP contribution in [0.15, 0.2) is 42.5 Å². The second kappa shape index (κ2) is 11.9. The van der Waals surface area contributed by atoms with Crippen LogP contribution in [-0.2, 0) is 25.5 Å². The molecule has 0 bridgehead atoms. The molecule has 3 atom stereocenters. The zero-order valence-electron chi connectivity index (χ0n) is 16.9. The summed E-state index contributed by atoms with van der Waals surface area (Å²) in [6, 6.07) is 19.0. The molecule has 158 valence electrons. The maximum absolute atomic E-state index is 12.2. The summed E-state index contributed by atoms with van der Waals surface area (Å²) in [5.41, 5.74) is 2.60. The Morgan fingerprint density at radius 3 is 2.43 bits per heavy atom. The molecule has 0 saturated carbocycles. The van der Waals surface area contributed by atoms with Gasteiger partial charge in [-0.1, -0.05) is 36.4 Å². The van der Waals surface area contributed by atoms with Gasteiger partial charge in [-0.15, -0.1) is 9.24 Å². The number of benzene rings is 1. The van der Waals surface area contributed by atoms with Crippen molar-refractivity contribution in [2.24, 2.45) is 0 Å². The zero-order chi connectivity index (χ0) is 21.9. The summed E-state index contributed by atoms with van der Waals surface area (Å²) in [7, 11) is 2.46. The van der Waals surface area contributed by atoms with Crippen LogP contribution in [0.25, 0.3) is 11.1 Å². The predicted molar refractivity (Wildman–Crippen MR) is 117 cm³/mol. The van der Waals surface area contributed by atoms with E-state index in [0.717, 1.165) is 16.7 Å². The monoisotopic (exact) mass is 427 g/mol. The number of amides is 1. The van der Waals surface area contributed by atoms with Crippen LogP contribution in [0.2, 0.25) is 0 Å². The SMILES string of the molecule is CCOC(=O)[C@@H](P)C[C@@H](Cc1ccc(-c2cc#ccc2)cc1)NC(=O)CCC(=O)O. The molecule has 0 radical (unpaired) electrons. The van der Waals surface area contributed by atoms with Crippen LogP contribution in [0.1, 0.15) is 31.7 Å². The summed E-state index contributed by atoms with van der Waals surface area (Å²) >= 11 is 0. The standard InChI is InChI=1S/C23H26NO5P/c1-2-29-23(28)20(30)15-19(24-21(25)12-13-22(26)27)14-16-8-10-18(11-9-16)17-6-4-3-5-7-17/h4,6-11,19-20H,2,12-15,30H2,1H3,(H,24,25)(H,26,27)/t19-,20+/m1/s1. The summed E-state index contributed by atoms with van der Waals surface area (Å²) < 4.78 is 5.05. The number of carbonyl (C=O) groups excluding carboxylic acids is 2. The molecule has 0 aliphatic heterocycles. The molecule has 7 heteroatoms. The molecule has 0 aliphatic rings. The van der Waals surface area contributed by atoms with Crippen LogP contribution < -0.4 is 5.32 Å². The van der Waals surface area contributed by atoms with Gasteiger partial charge in [0, 0.05) is 12.5 Å². The van der Waals surface area contributed by atoms with Gasteiger partial charge in [-0.2, -0.15) is 0 Å². The number of nitrogens with one attached hydrogen (secondary N) is 1. The Kier molecular flexibility index (Phi) is 9.31. The Hall–Kier alpha value is -2.90. The maximum atomic E-state index is 12.2. The van der Waals surface area contributed by atoms with Crippen LogP contribution in [0.3, 0.4) is 0 Å². The van der Waals surface area contributed by atoms with Crippen LogP contribution in [-0.4, -0.2) is 41.3 Å². The molecule has 2 aromatic carbocycles. The van der Waals surface area contributed by atoms with Gasteiger partial charge in [0.25, 0.3) is 0 Å². The molecule has 2 aromatic rings. The first-order valence-electron chi connectivity index (χ1n) is 9.79. The van der Waals surface area contributed by atoms with Crippen molar-refractivity contribution in [1.82, 2.24) is 5.32 Å². The molecule has 2 rings (SSSR count). The Bertz CT molecular complexity index is 838. The number of carboxylic acids is 1. The molecule has 0 heterocycles. The lowest BCUT2D eigenvalue weighted by molar-refractivity contribution is -0.142. The van der Waals surface area contributed by atoms with E-state index in [-0.39, 0.29) is 37.4 Å². The van der Waals surface area contributed by atoms with Gasteiger partial charge in [-0.25, -0.2) is 0 Å². The first kappa shape index (κ1) is 23.4. The highest BCUT2D eigenvalue weighted by Crippen LogP contribution is 2.20. The fraction of sp³-hybridized carbons (Fsp3) is 0.348. The molecule has 6 nitrogen and oxygen atoms in total. The molecule has 0 aliphatic carbocycles. The fourth-order valence-corrected chi connectivity index (χ4v) is 3.43. The molecule has 1 unspecified atom stereocenters.